The molecule has 0 radical (unpaired) electrons. The largest absolute Gasteiger partial charge is 0.484 e. The zero-order valence-corrected chi connectivity index (χ0v) is 10.8. The van der Waals surface area contributed by atoms with Crippen LogP contribution in [0.1, 0.15) is 0 Å². The Labute approximate surface area is 112 Å². The summed E-state index contributed by atoms with van der Waals surface area (Å²) in [7, 11) is -4.21. The summed E-state index contributed by atoms with van der Waals surface area (Å²) in [6, 6.07) is 8.62. The van der Waals surface area contributed by atoms with Crippen LogP contribution in [0.2, 0.25) is 0 Å². The molecule has 8 nitrogen and oxygen atoms in total. The van der Waals surface area contributed by atoms with E-state index < -0.39 is 25.8 Å². The van der Waals surface area contributed by atoms with Crippen molar-refractivity contribution in [2.75, 3.05) is 0 Å². The fourth-order valence-electron chi connectivity index (χ4n) is 2.48. The van der Waals surface area contributed by atoms with Gasteiger partial charge in [-0.3, -0.25) is 9.09 Å². The monoisotopic (exact) mass is 299 g/mol. The lowest BCUT2D eigenvalue weighted by Gasteiger charge is -2.36. The average Bonchev–Trinajstić information content (AvgIpc) is 2.95. The zero-order valence-electron chi connectivity index (χ0n) is 9.91. The molecular weight excluding hydrogens is 289 g/mol. The van der Waals surface area contributed by atoms with Crippen molar-refractivity contribution in [2.24, 2.45) is 0 Å². The molecule has 2 saturated heterocycles. The lowest BCUT2D eigenvalue weighted by molar-refractivity contribution is -0.392. The summed E-state index contributed by atoms with van der Waals surface area (Å²) in [6.07, 6.45) is -0.569. The molecule has 0 spiro atoms. The summed E-state index contributed by atoms with van der Waals surface area (Å²) in [5, 5.41) is 31.2. The van der Waals surface area contributed by atoms with E-state index in [4.69, 9.17) is 9.05 Å². The Morgan fingerprint density at radius 3 is 2.65 bits per heavy atom. The molecule has 4 unspecified atom stereocenters. The van der Waals surface area contributed by atoms with Gasteiger partial charge in [0.25, 0.3) is 0 Å². The summed E-state index contributed by atoms with van der Waals surface area (Å²) in [6.45, 7) is 0. The molecule has 3 N–H and O–H groups in total. The third-order valence-corrected chi connectivity index (χ3v) is 4.88. The van der Waals surface area contributed by atoms with Gasteiger partial charge in [-0.15, -0.1) is 0 Å². The second kappa shape index (κ2) is 3.49. The van der Waals surface area contributed by atoms with Gasteiger partial charge in [0.1, 0.15) is 0 Å². The Kier molecular flexibility index (Phi) is 2.18. The summed E-state index contributed by atoms with van der Waals surface area (Å²) in [4.78, 5) is 0. The normalized spacial score (nSPS) is 43.5. The van der Waals surface area contributed by atoms with Gasteiger partial charge < -0.3 is 15.3 Å². The smallest absolute Gasteiger partial charge is 0.363 e. The molecule has 0 amide bonds. The molecule has 3 heterocycles. The van der Waals surface area contributed by atoms with Gasteiger partial charge in [-0.25, -0.2) is 13.6 Å². The predicted molar refractivity (Wildman–Crippen MR) is 63.9 cm³/mol. The van der Waals surface area contributed by atoms with Crippen molar-refractivity contribution in [1.29, 1.82) is 0 Å². The van der Waals surface area contributed by atoms with Crippen LogP contribution in [-0.2, 0) is 24.0 Å². The summed E-state index contributed by atoms with van der Waals surface area (Å²) < 4.78 is 27.1. The maximum atomic E-state index is 11.9. The molecule has 2 aliphatic heterocycles. The highest BCUT2D eigenvalue weighted by Crippen LogP contribution is 2.72. The van der Waals surface area contributed by atoms with Crippen molar-refractivity contribution in [3.05, 3.63) is 36.5 Å². The van der Waals surface area contributed by atoms with Crippen LogP contribution in [0.15, 0.2) is 36.5 Å². The van der Waals surface area contributed by atoms with Crippen LogP contribution in [0.25, 0.3) is 10.9 Å². The topological polar surface area (TPSA) is 110 Å². The molecule has 1 aromatic carbocycles. The Morgan fingerprint density at radius 1 is 1.20 bits per heavy atom. The lowest BCUT2D eigenvalue weighted by atomic mass is 10.1. The number of hydrogen-bond acceptors (Lipinski definition) is 7. The minimum Gasteiger partial charge on any atom is -0.363 e. The lowest BCUT2D eigenvalue weighted by Crippen LogP contribution is -2.60. The first-order chi connectivity index (χ1) is 9.38. The molecule has 0 saturated carbocycles. The Balaban J connectivity index is 1.96. The number of aromatic nitrogens is 1. The van der Waals surface area contributed by atoms with E-state index in [9.17, 15) is 19.9 Å². The summed E-state index contributed by atoms with van der Waals surface area (Å²) in [5.74, 6) is -5.23. The van der Waals surface area contributed by atoms with Crippen LogP contribution >= 0.6 is 7.82 Å². The van der Waals surface area contributed by atoms with E-state index in [1.807, 2.05) is 0 Å². The summed E-state index contributed by atoms with van der Waals surface area (Å²) >= 11 is 0. The number of hydrogen-bond donors (Lipinski definition) is 3. The second-order valence-corrected chi connectivity index (χ2v) is 6.11. The zero-order chi connectivity index (χ0) is 14.2. The van der Waals surface area contributed by atoms with Gasteiger partial charge >= 0.3 is 19.5 Å². The van der Waals surface area contributed by atoms with E-state index in [0.29, 0.717) is 5.52 Å². The minimum absolute atomic E-state index is 0.500. The van der Waals surface area contributed by atoms with Gasteiger partial charge in [-0.1, -0.05) is 18.2 Å². The number of aliphatic hydroxyl groups excluding tert-OH is 1. The maximum absolute atomic E-state index is 11.9. The first-order valence-corrected chi connectivity index (χ1v) is 7.23. The molecule has 4 rings (SSSR count). The van der Waals surface area contributed by atoms with E-state index in [1.54, 1.807) is 30.3 Å². The minimum atomic E-state index is -4.21. The fraction of sp³-hybridized carbons (Fsp3) is 0.273. The van der Waals surface area contributed by atoms with Gasteiger partial charge in [-0.05, 0) is 17.5 Å². The molecule has 1 aromatic heterocycles. The van der Waals surface area contributed by atoms with E-state index in [2.05, 4.69) is 4.52 Å². The van der Waals surface area contributed by atoms with Crippen molar-refractivity contribution >= 4 is 18.7 Å². The van der Waals surface area contributed by atoms with Crippen LogP contribution in [0.4, 0.5) is 0 Å². The van der Waals surface area contributed by atoms with Gasteiger partial charge in [0.2, 0.25) is 6.29 Å². The van der Waals surface area contributed by atoms with Gasteiger partial charge in [0, 0.05) is 6.20 Å². The quantitative estimate of drug-likeness (QED) is 0.655. The molecule has 2 aromatic rings. The van der Waals surface area contributed by atoms with Crippen molar-refractivity contribution in [3.63, 3.8) is 0 Å². The number of phosphoric acid groups is 1. The number of rotatable bonds is 1. The van der Waals surface area contributed by atoms with E-state index in [0.717, 1.165) is 9.95 Å². The molecule has 2 aliphatic rings. The molecule has 106 valence electrons. The third-order valence-electron chi connectivity index (χ3n) is 3.45. The first-order valence-electron chi connectivity index (χ1n) is 5.77. The second-order valence-electron chi connectivity index (χ2n) is 4.64. The van der Waals surface area contributed by atoms with Crippen molar-refractivity contribution in [1.82, 2.24) is 4.57 Å². The van der Waals surface area contributed by atoms with E-state index >= 15 is 0 Å². The Morgan fingerprint density at radius 2 is 1.95 bits per heavy atom. The predicted octanol–water partition coefficient (Wildman–Crippen LogP) is 0.436. The molecule has 2 fully saturated rings. The van der Waals surface area contributed by atoms with Crippen LogP contribution < -0.4 is 0 Å². The average molecular weight is 299 g/mol. The number of para-hydroxylation sites is 1. The molecule has 2 bridgehead atoms. The van der Waals surface area contributed by atoms with Crippen LogP contribution in [0, 0.1) is 0 Å². The highest BCUT2D eigenvalue weighted by atomic mass is 31.2. The maximum Gasteiger partial charge on any atom is 0.484 e. The highest BCUT2D eigenvalue weighted by Gasteiger charge is 2.78. The van der Waals surface area contributed by atoms with Crippen LogP contribution in [0.3, 0.4) is 0 Å². The molecular formula is C11H10NO7P. The fourth-order valence-corrected chi connectivity index (χ4v) is 4.07. The van der Waals surface area contributed by atoms with Gasteiger partial charge in [0.05, 0.1) is 5.52 Å². The molecule has 0 aliphatic carbocycles. The number of nitrogens with zero attached hydrogens (tertiary/aromatic N) is 1. The number of phosphoric ester groups is 1. The summed E-state index contributed by atoms with van der Waals surface area (Å²) in [5.41, 5.74) is 0.500. The molecule has 4 atom stereocenters. The Bertz CT molecular complexity index is 760. The standard InChI is InChI=1S/C11H10NO7P/c13-9-10(14)11(15,19-20(16,17-9)18-10)12-6-5-7-3-1-2-4-8(7)12/h1-6,9,13-15H. The SMILES string of the molecule is O=P12OC(O)C(O)(O1)C(O)(n1ccc3ccccc31)O2. The van der Waals surface area contributed by atoms with Crippen LogP contribution in [0.5, 0.6) is 0 Å². The third kappa shape index (κ3) is 1.29. The van der Waals surface area contributed by atoms with Crippen molar-refractivity contribution in [2.45, 2.75) is 18.0 Å². The van der Waals surface area contributed by atoms with Crippen molar-refractivity contribution < 1.29 is 33.5 Å². The number of aliphatic hydroxyl groups is 3. The molecule has 9 heteroatoms. The van der Waals surface area contributed by atoms with Gasteiger partial charge in [0.15, 0.2) is 0 Å². The van der Waals surface area contributed by atoms with E-state index in [-0.39, 0.29) is 0 Å². The first kappa shape index (κ1) is 12.5. The van der Waals surface area contributed by atoms with E-state index in [1.165, 1.54) is 6.20 Å². The highest BCUT2D eigenvalue weighted by molar-refractivity contribution is 7.49. The number of fused-ring (bicyclic) bond motifs is 3. The van der Waals surface area contributed by atoms with Gasteiger partial charge in [-0.2, -0.15) is 0 Å². The molecule has 20 heavy (non-hydrogen) atoms. The number of benzene rings is 1. The van der Waals surface area contributed by atoms with Crippen molar-refractivity contribution in [3.8, 4) is 0 Å². The van der Waals surface area contributed by atoms with Crippen LogP contribution in [-0.4, -0.2) is 32.0 Å². The Hall–Kier alpha value is -1.25.